The largest absolute Gasteiger partial charge is 0.564 e. The normalized spacial score (nSPS) is 12.6. The van der Waals surface area contributed by atoms with Gasteiger partial charge in [0.15, 0.2) is 0 Å². The third-order valence-corrected chi connectivity index (χ3v) is 1.20. The number of hydrogen-bond acceptors (Lipinski definition) is 5. The van der Waals surface area contributed by atoms with E-state index in [0.29, 0.717) is 12.0 Å². The highest BCUT2D eigenvalue weighted by Crippen LogP contribution is 2.10. The first kappa shape index (κ1) is 11.2. The van der Waals surface area contributed by atoms with Crippen LogP contribution in [0.2, 0.25) is 0 Å². The summed E-state index contributed by atoms with van der Waals surface area (Å²) in [6.45, 7) is 3.35. The van der Waals surface area contributed by atoms with Crippen molar-refractivity contribution in [2.24, 2.45) is 0 Å². The molecule has 6 heteroatoms. The van der Waals surface area contributed by atoms with E-state index in [9.17, 15) is 14.3 Å². The number of carbonyl (C=O) groups excluding carboxylic acids is 1. The van der Waals surface area contributed by atoms with Crippen LogP contribution in [0.5, 0.6) is 0 Å². The highest BCUT2D eigenvalue weighted by Gasteiger charge is 2.11. The van der Waals surface area contributed by atoms with Crippen molar-refractivity contribution in [2.45, 2.75) is 20.3 Å². The lowest BCUT2D eigenvalue weighted by molar-refractivity contribution is -0.259. The Kier molecular flexibility index (Phi) is 5.45. The van der Waals surface area contributed by atoms with Crippen LogP contribution in [0.3, 0.4) is 0 Å². The second-order valence-electron chi connectivity index (χ2n) is 1.96. The Bertz CT molecular complexity index is 210. The van der Waals surface area contributed by atoms with Crippen LogP contribution in [0, 0.1) is 0 Å². The van der Waals surface area contributed by atoms with Gasteiger partial charge in [0.05, 0.1) is 4.67 Å². The van der Waals surface area contributed by atoms with Crippen LogP contribution in [0.1, 0.15) is 20.3 Å². The van der Waals surface area contributed by atoms with E-state index in [1.165, 1.54) is 6.92 Å². The van der Waals surface area contributed by atoms with Gasteiger partial charge >= 0.3 is 14.2 Å². The Morgan fingerprint density at radius 3 is 2.67 bits per heavy atom. The average Bonchev–Trinajstić information content (AvgIpc) is 2.00. The van der Waals surface area contributed by atoms with E-state index in [1.807, 2.05) is 6.92 Å². The van der Waals surface area contributed by atoms with Crippen LogP contribution in [0.4, 0.5) is 0 Å². The number of rotatable bonds is 4. The average molecular weight is 192 g/mol. The minimum atomic E-state index is -3.14. The molecule has 68 valence electrons. The lowest BCUT2D eigenvalue weighted by atomic mass is 10.2. The Balaban J connectivity index is 3.88. The molecule has 0 aromatic rings. The fourth-order valence-electron chi connectivity index (χ4n) is 0.520. The van der Waals surface area contributed by atoms with E-state index in [1.54, 1.807) is 6.08 Å². The van der Waals surface area contributed by atoms with Crippen LogP contribution in [0.15, 0.2) is 11.6 Å². The highest BCUT2D eigenvalue weighted by molar-refractivity contribution is 7.30. The van der Waals surface area contributed by atoms with Crippen LogP contribution >= 0.6 is 8.25 Å². The molecule has 0 amide bonds. The molecule has 0 N–H and O–H groups in total. The molecule has 0 aromatic heterocycles. The summed E-state index contributed by atoms with van der Waals surface area (Å²) < 4.78 is 13.4. The minimum Gasteiger partial charge on any atom is -0.564 e. The minimum absolute atomic E-state index is 0.314. The zero-order valence-corrected chi connectivity index (χ0v) is 7.67. The lowest BCUT2D eigenvalue weighted by Crippen LogP contribution is -2.05. The Morgan fingerprint density at radius 2 is 2.25 bits per heavy atom. The van der Waals surface area contributed by atoms with Crippen LogP contribution in [-0.2, 0) is 18.9 Å². The summed E-state index contributed by atoms with van der Waals surface area (Å²) in [5.41, 5.74) is 0.314. The summed E-state index contributed by atoms with van der Waals surface area (Å²) in [7, 11) is -3.14. The first-order chi connectivity index (χ1) is 5.57. The first-order valence-corrected chi connectivity index (χ1v) is 4.37. The molecule has 0 spiro atoms. The maximum atomic E-state index is 10.8. The van der Waals surface area contributed by atoms with Crippen molar-refractivity contribution in [3.63, 3.8) is 0 Å². The van der Waals surface area contributed by atoms with Gasteiger partial charge in [0.1, 0.15) is 0 Å². The zero-order valence-electron chi connectivity index (χ0n) is 6.77. The molecule has 0 aliphatic carbocycles. The third kappa shape index (κ3) is 4.96. The second kappa shape index (κ2) is 5.83. The van der Waals surface area contributed by atoms with Gasteiger partial charge in [-0.3, -0.25) is 0 Å². The molecule has 0 aliphatic rings. The van der Waals surface area contributed by atoms with Crippen molar-refractivity contribution >= 4 is 14.2 Å². The predicted octanol–water partition coefficient (Wildman–Crippen LogP) is 0.835. The van der Waals surface area contributed by atoms with Crippen LogP contribution in [-0.4, -0.2) is 5.97 Å². The SMILES string of the molecule is CCC=C(C)C(=O)OO[P+](=O)[O-]. The van der Waals surface area contributed by atoms with Gasteiger partial charge in [0.25, 0.3) is 0 Å². The van der Waals surface area contributed by atoms with Gasteiger partial charge in [-0.2, -0.15) is 0 Å². The molecule has 1 unspecified atom stereocenters. The van der Waals surface area contributed by atoms with Gasteiger partial charge in [0, 0.05) is 5.57 Å². The van der Waals surface area contributed by atoms with Crippen LogP contribution in [0.25, 0.3) is 0 Å². The zero-order chi connectivity index (χ0) is 9.56. The smallest absolute Gasteiger partial charge is 0.535 e. The van der Waals surface area contributed by atoms with Gasteiger partial charge in [0.2, 0.25) is 0 Å². The molecule has 5 nitrogen and oxygen atoms in total. The summed E-state index contributed by atoms with van der Waals surface area (Å²) in [5, 5.41) is 0. The van der Waals surface area contributed by atoms with E-state index >= 15 is 0 Å². The molecule has 12 heavy (non-hydrogen) atoms. The molecule has 0 saturated heterocycles. The molecule has 0 fully saturated rings. The maximum Gasteiger partial charge on any atom is 0.535 e. The Morgan fingerprint density at radius 1 is 1.67 bits per heavy atom. The van der Waals surface area contributed by atoms with Gasteiger partial charge < -0.3 is 4.89 Å². The number of hydrogen-bond donors (Lipinski definition) is 0. The first-order valence-electron chi connectivity index (χ1n) is 3.28. The van der Waals surface area contributed by atoms with Gasteiger partial charge in [-0.25, -0.2) is 9.68 Å². The van der Waals surface area contributed by atoms with Gasteiger partial charge in [-0.1, -0.05) is 13.0 Å². The molecule has 1 atom stereocenters. The predicted molar refractivity (Wildman–Crippen MR) is 38.8 cm³/mol. The van der Waals surface area contributed by atoms with Crippen molar-refractivity contribution in [3.8, 4) is 0 Å². The summed E-state index contributed by atoms with van der Waals surface area (Å²) in [6.07, 6.45) is 2.27. The van der Waals surface area contributed by atoms with E-state index in [0.717, 1.165) is 0 Å². The number of allylic oxidation sites excluding steroid dienone is 1. The summed E-state index contributed by atoms with van der Waals surface area (Å²) in [6, 6.07) is 0. The van der Waals surface area contributed by atoms with Crippen molar-refractivity contribution < 1.29 is 23.8 Å². The van der Waals surface area contributed by atoms with E-state index in [4.69, 9.17) is 0 Å². The fraction of sp³-hybridized carbons (Fsp3) is 0.500. The fourth-order valence-corrected chi connectivity index (χ4v) is 0.648. The topological polar surface area (TPSA) is 75.7 Å². The van der Waals surface area contributed by atoms with Gasteiger partial charge in [-0.05, 0) is 17.9 Å². The molecule has 0 rings (SSSR count). The van der Waals surface area contributed by atoms with Crippen molar-refractivity contribution in [2.75, 3.05) is 0 Å². The van der Waals surface area contributed by atoms with Crippen LogP contribution < -0.4 is 4.89 Å². The second-order valence-corrected chi connectivity index (χ2v) is 2.56. The van der Waals surface area contributed by atoms with Crippen molar-refractivity contribution in [3.05, 3.63) is 11.6 Å². The maximum absolute atomic E-state index is 10.8. The molecule has 0 aliphatic heterocycles. The van der Waals surface area contributed by atoms with Gasteiger partial charge in [-0.15, -0.1) is 0 Å². The molecule has 0 heterocycles. The quantitative estimate of drug-likeness (QED) is 0.285. The van der Waals surface area contributed by atoms with E-state index < -0.39 is 14.2 Å². The standard InChI is InChI=1S/C6H9O5P/c1-3-4-5(2)6(7)10-11-12(8)9/h4H,3H2,1-2H3. The van der Waals surface area contributed by atoms with E-state index in [2.05, 4.69) is 9.56 Å². The van der Waals surface area contributed by atoms with E-state index in [-0.39, 0.29) is 0 Å². The Labute approximate surface area is 70.9 Å². The molecule has 0 radical (unpaired) electrons. The van der Waals surface area contributed by atoms with Crippen molar-refractivity contribution in [1.29, 1.82) is 0 Å². The molecular weight excluding hydrogens is 183 g/mol. The van der Waals surface area contributed by atoms with Crippen molar-refractivity contribution in [1.82, 2.24) is 0 Å². The summed E-state index contributed by atoms with van der Waals surface area (Å²) in [4.78, 5) is 24.5. The monoisotopic (exact) mass is 192 g/mol. The third-order valence-electron chi connectivity index (χ3n) is 1.01. The highest BCUT2D eigenvalue weighted by atomic mass is 31.1. The Hall–Kier alpha value is -0.770. The number of carbonyl (C=O) groups is 1. The lowest BCUT2D eigenvalue weighted by Gasteiger charge is -1.94. The summed E-state index contributed by atoms with van der Waals surface area (Å²) >= 11 is 0. The molecule has 0 aromatic carbocycles. The molecule has 0 bridgehead atoms. The summed E-state index contributed by atoms with van der Waals surface area (Å²) in [5.74, 6) is -0.795. The molecular formula is C6H9O5P. The molecule has 0 saturated carbocycles.